The Labute approximate surface area is 220 Å². The van der Waals surface area contributed by atoms with Crippen LogP contribution in [0.5, 0.6) is 0 Å². The third-order valence-electron chi connectivity index (χ3n) is 5.79. The van der Waals surface area contributed by atoms with Gasteiger partial charge < -0.3 is 4.90 Å². The van der Waals surface area contributed by atoms with Gasteiger partial charge >= 0.3 is 0 Å². The van der Waals surface area contributed by atoms with E-state index in [9.17, 15) is 14.0 Å². The molecule has 190 valence electrons. The lowest BCUT2D eigenvalue weighted by Crippen LogP contribution is -2.40. The van der Waals surface area contributed by atoms with Crippen LogP contribution in [-0.2, 0) is 4.79 Å². The lowest BCUT2D eigenvalue weighted by molar-refractivity contribution is -0.117. The van der Waals surface area contributed by atoms with Crippen LogP contribution in [0, 0.1) is 18.7 Å². The summed E-state index contributed by atoms with van der Waals surface area (Å²) in [5, 5.41) is 2.80. The minimum Gasteiger partial charge on any atom is -0.329 e. The van der Waals surface area contributed by atoms with Crippen molar-refractivity contribution in [1.29, 1.82) is 0 Å². The summed E-state index contributed by atoms with van der Waals surface area (Å²) in [6.07, 6.45) is 1.75. The molecule has 2 amide bonds. The van der Waals surface area contributed by atoms with Gasteiger partial charge in [0.15, 0.2) is 0 Å². The second-order valence-corrected chi connectivity index (χ2v) is 9.63. The molecule has 0 aliphatic heterocycles. The van der Waals surface area contributed by atoms with Crippen molar-refractivity contribution >= 4 is 29.4 Å². The number of amides is 2. The van der Waals surface area contributed by atoms with Crippen LogP contribution in [0.1, 0.15) is 29.8 Å². The number of anilines is 1. The van der Waals surface area contributed by atoms with Crippen molar-refractivity contribution in [2.75, 3.05) is 18.4 Å². The molecule has 3 aromatic carbocycles. The second kappa shape index (κ2) is 11.4. The summed E-state index contributed by atoms with van der Waals surface area (Å²) in [7, 11) is 0. The summed E-state index contributed by atoms with van der Waals surface area (Å²) in [5.74, 6) is -0.755. The van der Waals surface area contributed by atoms with Gasteiger partial charge in [0, 0.05) is 23.9 Å². The summed E-state index contributed by atoms with van der Waals surface area (Å²) < 4.78 is 15.5. The molecule has 0 bridgehead atoms. The van der Waals surface area contributed by atoms with Gasteiger partial charge in [0.05, 0.1) is 16.4 Å². The number of nitrogens with one attached hydrogen (secondary N) is 1. The van der Waals surface area contributed by atoms with Crippen LogP contribution in [0.25, 0.3) is 16.9 Å². The fraction of sp³-hybridized carbons (Fsp3) is 0.207. The highest BCUT2D eigenvalue weighted by Gasteiger charge is 2.23. The summed E-state index contributed by atoms with van der Waals surface area (Å²) in [5.41, 5.74) is 3.40. The van der Waals surface area contributed by atoms with E-state index in [0.717, 1.165) is 11.1 Å². The topological polar surface area (TPSA) is 67.2 Å². The van der Waals surface area contributed by atoms with Gasteiger partial charge in [-0.25, -0.2) is 9.37 Å². The molecule has 1 N–H and O–H groups in total. The number of carbonyl (C=O) groups excluding carboxylic acids is 2. The van der Waals surface area contributed by atoms with E-state index >= 15 is 0 Å². The van der Waals surface area contributed by atoms with Crippen LogP contribution < -0.4 is 5.32 Å². The third kappa shape index (κ3) is 6.24. The molecule has 0 spiro atoms. The van der Waals surface area contributed by atoms with Gasteiger partial charge in [-0.3, -0.25) is 19.5 Å². The van der Waals surface area contributed by atoms with Gasteiger partial charge in [-0.2, -0.15) is 0 Å². The van der Waals surface area contributed by atoms with E-state index < -0.39 is 11.7 Å². The summed E-state index contributed by atoms with van der Waals surface area (Å²) in [6.45, 7) is 6.12. The fourth-order valence-corrected chi connectivity index (χ4v) is 4.20. The number of aryl methyl sites for hydroxylation is 1. The van der Waals surface area contributed by atoms with Crippen molar-refractivity contribution in [3.8, 4) is 16.9 Å². The van der Waals surface area contributed by atoms with Crippen molar-refractivity contribution in [1.82, 2.24) is 14.5 Å². The minimum atomic E-state index is -0.543. The second-order valence-electron chi connectivity index (χ2n) is 9.23. The number of aromatic nitrogens is 2. The number of hydrogen-bond acceptors (Lipinski definition) is 3. The largest absolute Gasteiger partial charge is 0.329 e. The van der Waals surface area contributed by atoms with Crippen LogP contribution in [0.2, 0.25) is 5.02 Å². The summed E-state index contributed by atoms with van der Waals surface area (Å²) in [6, 6.07) is 21.1. The molecule has 4 rings (SSSR count). The Bertz CT molecular complexity index is 1420. The van der Waals surface area contributed by atoms with Crippen LogP contribution in [0.3, 0.4) is 0 Å². The lowest BCUT2D eigenvalue weighted by Gasteiger charge is -2.25. The number of benzene rings is 3. The Hall–Kier alpha value is -3.97. The molecule has 0 atom stereocenters. The first-order valence-electron chi connectivity index (χ1n) is 12.0. The van der Waals surface area contributed by atoms with Crippen LogP contribution in [0.4, 0.5) is 10.3 Å². The number of rotatable bonds is 8. The van der Waals surface area contributed by atoms with Crippen molar-refractivity contribution in [3.63, 3.8) is 0 Å². The monoisotopic (exact) mass is 518 g/mol. The van der Waals surface area contributed by atoms with E-state index in [1.165, 1.54) is 12.1 Å². The number of imidazole rings is 1. The lowest BCUT2D eigenvalue weighted by atomic mass is 10.1. The highest BCUT2D eigenvalue weighted by atomic mass is 35.5. The molecule has 0 aliphatic carbocycles. The maximum Gasteiger partial charge on any atom is 0.254 e. The van der Waals surface area contributed by atoms with Gasteiger partial charge in [0.1, 0.15) is 12.4 Å². The minimum absolute atomic E-state index is 0.0447. The molecule has 37 heavy (non-hydrogen) atoms. The van der Waals surface area contributed by atoms with Gasteiger partial charge in [0.2, 0.25) is 11.9 Å². The van der Waals surface area contributed by atoms with Crippen molar-refractivity contribution in [2.45, 2.75) is 20.8 Å². The zero-order valence-electron chi connectivity index (χ0n) is 20.9. The Balaban J connectivity index is 1.64. The summed E-state index contributed by atoms with van der Waals surface area (Å²) in [4.78, 5) is 32.7. The molecule has 0 radical (unpaired) electrons. The standard InChI is InChI=1S/C29H28ClFN4O2/c1-19(2)16-34(28(37)23-12-8-7-9-20(23)3)18-27(36)33-29-32-26(21-10-5-4-6-11-21)17-35(29)22-13-14-25(31)24(30)15-22/h4-15,17,19H,16,18H2,1-3H3,(H,32,33,36). The van der Waals surface area contributed by atoms with E-state index in [2.05, 4.69) is 10.3 Å². The molecule has 0 saturated carbocycles. The molecule has 1 heterocycles. The molecule has 0 aliphatic rings. The Morgan fingerprint density at radius 1 is 1.05 bits per heavy atom. The van der Waals surface area contributed by atoms with Gasteiger partial charge in [-0.15, -0.1) is 0 Å². The Morgan fingerprint density at radius 3 is 2.43 bits per heavy atom. The van der Waals surface area contributed by atoms with Gasteiger partial charge in [-0.1, -0.05) is 74.0 Å². The highest BCUT2D eigenvalue weighted by Crippen LogP contribution is 2.26. The van der Waals surface area contributed by atoms with E-state index in [1.807, 2.05) is 69.3 Å². The quantitative estimate of drug-likeness (QED) is 0.294. The normalized spacial score (nSPS) is 11.0. The first kappa shape index (κ1) is 26.1. The maximum absolute atomic E-state index is 13.8. The molecule has 0 unspecified atom stereocenters. The average Bonchev–Trinajstić information content (AvgIpc) is 3.29. The van der Waals surface area contributed by atoms with Gasteiger partial charge in [-0.05, 0) is 42.7 Å². The van der Waals surface area contributed by atoms with E-state index in [4.69, 9.17) is 11.6 Å². The SMILES string of the molecule is Cc1ccccc1C(=O)N(CC(=O)Nc1nc(-c2ccccc2)cn1-c1ccc(F)c(Cl)c1)CC(C)C. The van der Waals surface area contributed by atoms with Crippen molar-refractivity contribution < 1.29 is 14.0 Å². The third-order valence-corrected chi connectivity index (χ3v) is 6.08. The first-order valence-corrected chi connectivity index (χ1v) is 12.4. The molecule has 6 nitrogen and oxygen atoms in total. The Kier molecular flexibility index (Phi) is 8.04. The van der Waals surface area contributed by atoms with Crippen LogP contribution in [-0.4, -0.2) is 39.4 Å². The van der Waals surface area contributed by atoms with E-state index in [1.54, 1.807) is 27.8 Å². The predicted octanol–water partition coefficient (Wildman–Crippen LogP) is 6.38. The predicted molar refractivity (Wildman–Crippen MR) is 145 cm³/mol. The van der Waals surface area contributed by atoms with E-state index in [0.29, 0.717) is 23.5 Å². The number of nitrogens with zero attached hydrogens (tertiary/aromatic N) is 3. The van der Waals surface area contributed by atoms with E-state index in [-0.39, 0.29) is 29.3 Å². The first-order chi connectivity index (χ1) is 17.7. The highest BCUT2D eigenvalue weighted by molar-refractivity contribution is 6.30. The molecule has 1 aromatic heterocycles. The summed E-state index contributed by atoms with van der Waals surface area (Å²) >= 11 is 6.03. The smallest absolute Gasteiger partial charge is 0.254 e. The average molecular weight is 519 g/mol. The number of hydrogen-bond donors (Lipinski definition) is 1. The molecular formula is C29H28ClFN4O2. The van der Waals surface area contributed by atoms with Crippen molar-refractivity contribution in [3.05, 3.63) is 101 Å². The van der Waals surface area contributed by atoms with Crippen molar-refractivity contribution in [2.24, 2.45) is 5.92 Å². The maximum atomic E-state index is 13.8. The Morgan fingerprint density at radius 2 is 1.76 bits per heavy atom. The van der Waals surface area contributed by atoms with Crippen LogP contribution >= 0.6 is 11.6 Å². The molecule has 8 heteroatoms. The number of halogens is 2. The fourth-order valence-electron chi connectivity index (χ4n) is 4.03. The van der Waals surface area contributed by atoms with Gasteiger partial charge in [0.25, 0.3) is 5.91 Å². The van der Waals surface area contributed by atoms with Crippen LogP contribution in [0.15, 0.2) is 79.0 Å². The molecule has 0 saturated heterocycles. The molecule has 4 aromatic rings. The zero-order chi connectivity index (χ0) is 26.5. The molecule has 0 fully saturated rings. The molecular weight excluding hydrogens is 491 g/mol. The zero-order valence-corrected chi connectivity index (χ0v) is 21.7. The number of carbonyl (C=O) groups is 2.